The van der Waals surface area contributed by atoms with Crippen LogP contribution < -0.4 is 10.6 Å². The van der Waals surface area contributed by atoms with Gasteiger partial charge in [-0.1, -0.05) is 41.9 Å². The molecule has 2 amide bonds. The molecule has 1 heterocycles. The molecule has 0 aromatic heterocycles. The molecule has 30 heavy (non-hydrogen) atoms. The Morgan fingerprint density at radius 2 is 1.70 bits per heavy atom. The fourth-order valence-corrected chi connectivity index (χ4v) is 4.65. The molecule has 160 valence electrons. The highest BCUT2D eigenvalue weighted by Gasteiger charge is 2.34. The Bertz CT molecular complexity index is 983. The molecule has 1 fully saturated rings. The van der Waals surface area contributed by atoms with Gasteiger partial charge in [0.1, 0.15) is 6.23 Å². The number of amides is 2. The first-order valence-electron chi connectivity index (χ1n) is 9.37. The van der Waals surface area contributed by atoms with Crippen LogP contribution >= 0.6 is 11.6 Å². The molecule has 1 aliphatic heterocycles. The van der Waals surface area contributed by atoms with Gasteiger partial charge in [-0.2, -0.15) is 4.31 Å². The second-order valence-electron chi connectivity index (χ2n) is 6.63. The Labute approximate surface area is 180 Å². The Balaban J connectivity index is 1.59. The smallest absolute Gasteiger partial charge is 0.309 e. The summed E-state index contributed by atoms with van der Waals surface area (Å²) < 4.78 is 32.7. The minimum atomic E-state index is -3.84. The molecule has 0 saturated carbocycles. The van der Waals surface area contributed by atoms with E-state index in [4.69, 9.17) is 16.3 Å². The van der Waals surface area contributed by atoms with Crippen molar-refractivity contribution in [2.24, 2.45) is 0 Å². The van der Waals surface area contributed by atoms with Crippen LogP contribution in [0.4, 0.5) is 0 Å². The van der Waals surface area contributed by atoms with Gasteiger partial charge in [-0.25, -0.2) is 8.42 Å². The van der Waals surface area contributed by atoms with Crippen molar-refractivity contribution in [3.8, 4) is 0 Å². The highest BCUT2D eigenvalue weighted by atomic mass is 35.5. The lowest BCUT2D eigenvalue weighted by atomic mass is 10.2. The van der Waals surface area contributed by atoms with Crippen LogP contribution in [0.5, 0.6) is 0 Å². The molecule has 0 spiro atoms. The molecule has 0 radical (unpaired) electrons. The van der Waals surface area contributed by atoms with Crippen molar-refractivity contribution in [1.82, 2.24) is 14.9 Å². The van der Waals surface area contributed by atoms with E-state index in [0.717, 1.165) is 5.56 Å². The highest BCUT2D eigenvalue weighted by molar-refractivity contribution is 7.89. The number of hydrogen-bond donors (Lipinski definition) is 2. The average molecular weight is 452 g/mol. The summed E-state index contributed by atoms with van der Waals surface area (Å²) in [6.45, 7) is 0.660. The molecular formula is C20H22ClN3O5S. The highest BCUT2D eigenvalue weighted by Crippen LogP contribution is 2.23. The fourth-order valence-electron chi connectivity index (χ4n) is 2.96. The standard InChI is InChI=1S/C20H22ClN3O5S/c21-16-7-9-17(10-8-16)30(27,28)24-11-4-12-29-18(24)14-23-20(26)19(25)22-13-15-5-2-1-3-6-15/h1-3,5-10,18H,4,11-14H2,(H,22,25)(H,23,26). The van der Waals surface area contributed by atoms with Crippen molar-refractivity contribution >= 4 is 33.4 Å². The third-order valence-electron chi connectivity index (χ3n) is 4.51. The van der Waals surface area contributed by atoms with E-state index in [2.05, 4.69) is 10.6 Å². The van der Waals surface area contributed by atoms with Crippen LogP contribution in [-0.4, -0.2) is 50.5 Å². The van der Waals surface area contributed by atoms with E-state index in [-0.39, 0.29) is 24.5 Å². The number of nitrogens with zero attached hydrogens (tertiary/aromatic N) is 1. The van der Waals surface area contributed by atoms with E-state index in [9.17, 15) is 18.0 Å². The van der Waals surface area contributed by atoms with Crippen LogP contribution in [-0.2, 0) is 30.9 Å². The number of hydrogen-bond acceptors (Lipinski definition) is 5. The number of rotatable bonds is 6. The van der Waals surface area contributed by atoms with E-state index >= 15 is 0 Å². The summed E-state index contributed by atoms with van der Waals surface area (Å²) in [6, 6.07) is 15.0. The van der Waals surface area contributed by atoms with Crippen LogP contribution in [0.15, 0.2) is 59.5 Å². The first kappa shape index (κ1) is 22.2. The van der Waals surface area contributed by atoms with Gasteiger partial charge in [0.15, 0.2) is 0 Å². The van der Waals surface area contributed by atoms with Crippen molar-refractivity contribution in [2.45, 2.75) is 24.1 Å². The SMILES string of the molecule is O=C(NCc1ccccc1)C(=O)NCC1OCCCN1S(=O)(=O)c1ccc(Cl)cc1. The number of sulfonamides is 1. The number of nitrogens with one attached hydrogen (secondary N) is 2. The zero-order valence-electron chi connectivity index (χ0n) is 16.1. The number of benzene rings is 2. The minimum Gasteiger partial charge on any atom is -0.360 e. The van der Waals surface area contributed by atoms with E-state index in [1.165, 1.54) is 28.6 Å². The number of ether oxygens (including phenoxy) is 1. The maximum absolute atomic E-state index is 13.0. The minimum absolute atomic E-state index is 0.0781. The van der Waals surface area contributed by atoms with E-state index < -0.39 is 28.1 Å². The molecule has 1 atom stereocenters. The van der Waals surface area contributed by atoms with Gasteiger partial charge < -0.3 is 15.4 Å². The second-order valence-corrected chi connectivity index (χ2v) is 8.95. The Morgan fingerprint density at radius 1 is 1.03 bits per heavy atom. The topological polar surface area (TPSA) is 105 Å². The van der Waals surface area contributed by atoms with Crippen LogP contribution in [0.3, 0.4) is 0 Å². The maximum Gasteiger partial charge on any atom is 0.309 e. The predicted octanol–water partition coefficient (Wildman–Crippen LogP) is 1.51. The van der Waals surface area contributed by atoms with Gasteiger partial charge in [0.05, 0.1) is 18.0 Å². The fraction of sp³-hybridized carbons (Fsp3) is 0.300. The summed E-state index contributed by atoms with van der Waals surface area (Å²) in [4.78, 5) is 24.2. The summed E-state index contributed by atoms with van der Waals surface area (Å²) in [5.74, 6) is -1.66. The number of carbonyl (C=O) groups excluding carboxylic acids is 2. The number of halogens is 1. The largest absolute Gasteiger partial charge is 0.360 e. The summed E-state index contributed by atoms with van der Waals surface area (Å²) in [5, 5.41) is 5.40. The van der Waals surface area contributed by atoms with E-state index in [1.54, 1.807) is 0 Å². The van der Waals surface area contributed by atoms with Crippen LogP contribution in [0, 0.1) is 0 Å². The van der Waals surface area contributed by atoms with Gasteiger partial charge in [0.2, 0.25) is 10.0 Å². The predicted molar refractivity (Wildman–Crippen MR) is 111 cm³/mol. The van der Waals surface area contributed by atoms with Gasteiger partial charge in [0.25, 0.3) is 0 Å². The third-order valence-corrected chi connectivity index (χ3v) is 6.67. The van der Waals surface area contributed by atoms with Crippen molar-refractivity contribution in [3.63, 3.8) is 0 Å². The normalized spacial score (nSPS) is 17.3. The van der Waals surface area contributed by atoms with Gasteiger partial charge in [-0.05, 0) is 36.2 Å². The van der Waals surface area contributed by atoms with E-state index in [1.807, 2.05) is 30.3 Å². The van der Waals surface area contributed by atoms with Gasteiger partial charge >= 0.3 is 11.8 Å². The molecule has 8 nitrogen and oxygen atoms in total. The number of carbonyl (C=O) groups is 2. The first-order valence-corrected chi connectivity index (χ1v) is 11.2. The van der Waals surface area contributed by atoms with Crippen molar-refractivity contribution in [2.75, 3.05) is 19.7 Å². The van der Waals surface area contributed by atoms with Gasteiger partial charge in [0, 0.05) is 18.1 Å². The summed E-state index contributed by atoms with van der Waals surface area (Å²) in [7, 11) is -3.84. The Kier molecular flexibility index (Phi) is 7.43. The summed E-state index contributed by atoms with van der Waals surface area (Å²) >= 11 is 5.84. The third kappa shape index (κ3) is 5.57. The lowest BCUT2D eigenvalue weighted by Crippen LogP contribution is -2.53. The van der Waals surface area contributed by atoms with Gasteiger partial charge in [-0.15, -0.1) is 0 Å². The quantitative estimate of drug-likeness (QED) is 0.648. The van der Waals surface area contributed by atoms with Crippen molar-refractivity contribution < 1.29 is 22.7 Å². The second kappa shape index (κ2) is 10.0. The monoisotopic (exact) mass is 451 g/mol. The molecule has 0 bridgehead atoms. The summed E-state index contributed by atoms with van der Waals surface area (Å²) in [6.07, 6.45) is -0.389. The van der Waals surface area contributed by atoms with Crippen molar-refractivity contribution in [3.05, 3.63) is 65.2 Å². The molecular weight excluding hydrogens is 430 g/mol. The van der Waals surface area contributed by atoms with Crippen LogP contribution in [0.1, 0.15) is 12.0 Å². The Morgan fingerprint density at radius 3 is 2.40 bits per heavy atom. The maximum atomic E-state index is 13.0. The molecule has 2 aromatic rings. The molecule has 2 aromatic carbocycles. The van der Waals surface area contributed by atoms with Crippen LogP contribution in [0.2, 0.25) is 5.02 Å². The van der Waals surface area contributed by atoms with Crippen LogP contribution in [0.25, 0.3) is 0 Å². The lowest BCUT2D eigenvalue weighted by molar-refractivity contribution is -0.140. The molecule has 1 aliphatic rings. The lowest BCUT2D eigenvalue weighted by Gasteiger charge is -2.34. The summed E-state index contributed by atoms with van der Waals surface area (Å²) in [5.41, 5.74) is 0.856. The molecule has 3 rings (SSSR count). The molecule has 0 aliphatic carbocycles. The zero-order valence-corrected chi connectivity index (χ0v) is 17.7. The Hall–Kier alpha value is -2.46. The average Bonchev–Trinajstić information content (AvgIpc) is 2.77. The molecule has 10 heteroatoms. The van der Waals surface area contributed by atoms with Gasteiger partial charge in [-0.3, -0.25) is 9.59 Å². The molecule has 2 N–H and O–H groups in total. The zero-order chi connectivity index (χ0) is 21.6. The van der Waals surface area contributed by atoms with E-state index in [0.29, 0.717) is 18.1 Å². The molecule has 1 unspecified atom stereocenters. The van der Waals surface area contributed by atoms with Crippen molar-refractivity contribution in [1.29, 1.82) is 0 Å². The first-order chi connectivity index (χ1) is 14.4. The molecule has 1 saturated heterocycles.